The Morgan fingerprint density at radius 3 is 2.54 bits per heavy atom. The lowest BCUT2D eigenvalue weighted by molar-refractivity contribution is 0.0943. The van der Waals surface area contributed by atoms with Crippen LogP contribution in [0.25, 0.3) is 11.3 Å². The van der Waals surface area contributed by atoms with Crippen molar-refractivity contribution >= 4 is 29.4 Å². The summed E-state index contributed by atoms with van der Waals surface area (Å²) in [5, 5.41) is 11.6. The van der Waals surface area contributed by atoms with E-state index in [4.69, 9.17) is 4.98 Å². The number of hydrogen-bond acceptors (Lipinski definition) is 6. The summed E-state index contributed by atoms with van der Waals surface area (Å²) >= 11 is 0. The Labute approximate surface area is 213 Å². The first-order valence-electron chi connectivity index (χ1n) is 11.9. The molecule has 3 amide bonds. The average Bonchev–Trinajstić information content (AvgIpc) is 2.84. The number of para-hydroxylation sites is 1. The van der Waals surface area contributed by atoms with Crippen molar-refractivity contribution in [3.8, 4) is 11.3 Å². The van der Waals surface area contributed by atoms with Crippen molar-refractivity contribution < 1.29 is 18.4 Å². The van der Waals surface area contributed by atoms with Crippen LogP contribution in [0.1, 0.15) is 35.3 Å². The number of anilines is 3. The largest absolute Gasteiger partial charge is 0.353 e. The monoisotopic (exact) mass is 509 g/mol. The van der Waals surface area contributed by atoms with E-state index in [1.54, 1.807) is 19.2 Å². The third-order valence-electron chi connectivity index (χ3n) is 5.81. The van der Waals surface area contributed by atoms with Crippen molar-refractivity contribution in [2.75, 3.05) is 30.4 Å². The fourth-order valence-electron chi connectivity index (χ4n) is 4.03. The molecular formula is C26H29F2N7O2. The van der Waals surface area contributed by atoms with Crippen molar-refractivity contribution in [1.29, 1.82) is 0 Å². The van der Waals surface area contributed by atoms with Crippen molar-refractivity contribution in [3.63, 3.8) is 0 Å². The van der Waals surface area contributed by atoms with Gasteiger partial charge in [-0.05, 0) is 57.6 Å². The molecule has 4 rings (SSSR count). The summed E-state index contributed by atoms with van der Waals surface area (Å²) in [4.78, 5) is 35.7. The van der Waals surface area contributed by atoms with Gasteiger partial charge in [0.25, 0.3) is 5.91 Å². The Kier molecular flexibility index (Phi) is 7.63. The van der Waals surface area contributed by atoms with Gasteiger partial charge in [0.15, 0.2) is 5.82 Å². The highest BCUT2D eigenvalue weighted by Gasteiger charge is 2.34. The molecule has 0 fully saturated rings. The number of urea groups is 1. The molecule has 4 N–H and O–H groups in total. The number of aryl methyl sites for hydroxylation is 1. The van der Waals surface area contributed by atoms with Gasteiger partial charge in [0.05, 0.1) is 12.2 Å². The number of rotatable bonds is 8. The van der Waals surface area contributed by atoms with Gasteiger partial charge < -0.3 is 21.3 Å². The highest BCUT2D eigenvalue weighted by atomic mass is 19.1. The Morgan fingerprint density at radius 1 is 1.14 bits per heavy atom. The minimum atomic E-state index is -0.906. The van der Waals surface area contributed by atoms with Gasteiger partial charge in [-0.25, -0.2) is 23.5 Å². The standard InChI is InChI=1S/C26H29F2N7O2/c1-14(2)32-24(36)16-9-8-15(3)17(12-16)21-18-13-31-26(37)35(22-19(27)6-5-7-20(22)28)23(18)34-25(33-21)30-11-10-29-4/h5-9,12,14,29H,10-11,13H2,1-4H3,(H,31,37)(H,32,36)(H,30,33,34). The molecule has 2 aromatic carbocycles. The molecule has 0 saturated heterocycles. The molecule has 0 unspecified atom stereocenters. The van der Waals surface area contributed by atoms with Crippen molar-refractivity contribution in [2.45, 2.75) is 33.4 Å². The number of aromatic nitrogens is 2. The van der Waals surface area contributed by atoms with E-state index in [1.807, 2.05) is 26.8 Å². The molecule has 9 nitrogen and oxygen atoms in total. The quantitative estimate of drug-likeness (QED) is 0.343. The van der Waals surface area contributed by atoms with Crippen LogP contribution in [-0.4, -0.2) is 48.1 Å². The number of nitrogens with one attached hydrogen (secondary N) is 4. The number of carbonyl (C=O) groups is 2. The first-order chi connectivity index (χ1) is 17.7. The number of likely N-dealkylation sites (N-methyl/N-ethyl adjacent to an activating group) is 1. The number of hydrogen-bond donors (Lipinski definition) is 4. The van der Waals surface area contributed by atoms with Crippen molar-refractivity contribution in [1.82, 2.24) is 25.9 Å². The van der Waals surface area contributed by atoms with Gasteiger partial charge in [-0.2, -0.15) is 4.98 Å². The Hall–Kier alpha value is -4.12. The van der Waals surface area contributed by atoms with E-state index in [0.717, 1.165) is 22.6 Å². The molecule has 1 aliphatic rings. The molecule has 1 aliphatic heterocycles. The maximum Gasteiger partial charge on any atom is 0.328 e. The molecule has 1 aromatic heterocycles. The summed E-state index contributed by atoms with van der Waals surface area (Å²) < 4.78 is 29.6. The molecular weight excluding hydrogens is 480 g/mol. The smallest absolute Gasteiger partial charge is 0.328 e. The molecule has 0 radical (unpaired) electrons. The van der Waals surface area contributed by atoms with Crippen molar-refractivity contribution in [2.24, 2.45) is 0 Å². The zero-order chi connectivity index (χ0) is 26.7. The van der Waals surface area contributed by atoms with Gasteiger partial charge >= 0.3 is 6.03 Å². The third-order valence-corrected chi connectivity index (χ3v) is 5.81. The second-order valence-electron chi connectivity index (χ2n) is 8.95. The van der Waals surface area contributed by atoms with Gasteiger partial charge in [0.1, 0.15) is 17.3 Å². The van der Waals surface area contributed by atoms with E-state index >= 15 is 0 Å². The lowest BCUT2D eigenvalue weighted by Gasteiger charge is -2.31. The second-order valence-corrected chi connectivity index (χ2v) is 8.95. The molecule has 2 heterocycles. The minimum absolute atomic E-state index is 0.0364. The van der Waals surface area contributed by atoms with Crippen LogP contribution < -0.4 is 26.2 Å². The molecule has 37 heavy (non-hydrogen) atoms. The predicted octanol–water partition coefficient (Wildman–Crippen LogP) is 3.86. The summed E-state index contributed by atoms with van der Waals surface area (Å²) in [6.45, 7) is 6.72. The van der Waals surface area contributed by atoms with Crippen LogP contribution in [0.4, 0.5) is 31.0 Å². The molecule has 0 bridgehead atoms. The SMILES string of the molecule is CNCCNc1nc(-c2cc(C(=O)NC(C)C)ccc2C)c2c(n1)N(c1c(F)cccc1F)C(=O)NC2. The minimum Gasteiger partial charge on any atom is -0.353 e. The fourth-order valence-corrected chi connectivity index (χ4v) is 4.03. The molecule has 0 saturated carbocycles. The Bertz CT molecular complexity index is 1330. The van der Waals surface area contributed by atoms with Crippen LogP contribution in [0.3, 0.4) is 0 Å². The summed E-state index contributed by atoms with van der Waals surface area (Å²) in [5.74, 6) is -1.82. The Morgan fingerprint density at radius 2 is 1.86 bits per heavy atom. The van der Waals surface area contributed by atoms with Crippen LogP contribution in [0.5, 0.6) is 0 Å². The maximum atomic E-state index is 14.8. The van der Waals surface area contributed by atoms with Crippen LogP contribution in [0.2, 0.25) is 0 Å². The lowest BCUT2D eigenvalue weighted by Crippen LogP contribution is -2.43. The van der Waals surface area contributed by atoms with Crippen LogP contribution in [-0.2, 0) is 6.54 Å². The van der Waals surface area contributed by atoms with Crippen LogP contribution in [0, 0.1) is 18.6 Å². The van der Waals surface area contributed by atoms with Crippen LogP contribution in [0.15, 0.2) is 36.4 Å². The van der Waals surface area contributed by atoms with E-state index in [0.29, 0.717) is 35.5 Å². The van der Waals surface area contributed by atoms with Crippen LogP contribution >= 0.6 is 0 Å². The number of fused-ring (bicyclic) bond motifs is 1. The number of amides is 3. The van der Waals surface area contributed by atoms with E-state index in [9.17, 15) is 18.4 Å². The topological polar surface area (TPSA) is 111 Å². The normalized spacial score (nSPS) is 12.8. The maximum absolute atomic E-state index is 14.8. The summed E-state index contributed by atoms with van der Waals surface area (Å²) in [7, 11) is 1.80. The molecule has 11 heteroatoms. The fraction of sp³-hybridized carbons (Fsp3) is 0.308. The zero-order valence-corrected chi connectivity index (χ0v) is 21.1. The van der Waals surface area contributed by atoms with Gasteiger partial charge in [0.2, 0.25) is 5.95 Å². The van der Waals surface area contributed by atoms with E-state index in [1.165, 1.54) is 6.07 Å². The van der Waals surface area contributed by atoms with E-state index in [-0.39, 0.29) is 30.3 Å². The molecule has 3 aromatic rings. The molecule has 194 valence electrons. The number of halogens is 2. The number of nitrogens with zero attached hydrogens (tertiary/aromatic N) is 3. The second kappa shape index (κ2) is 10.9. The number of carbonyl (C=O) groups excluding carboxylic acids is 2. The van der Waals surface area contributed by atoms with Crippen molar-refractivity contribution in [3.05, 3.63) is 64.7 Å². The highest BCUT2D eigenvalue weighted by molar-refractivity contribution is 6.02. The lowest BCUT2D eigenvalue weighted by atomic mass is 9.97. The first-order valence-corrected chi connectivity index (χ1v) is 11.9. The predicted molar refractivity (Wildman–Crippen MR) is 138 cm³/mol. The van der Waals surface area contributed by atoms with E-state index in [2.05, 4.69) is 26.3 Å². The Balaban J connectivity index is 1.93. The van der Waals surface area contributed by atoms with E-state index < -0.39 is 23.4 Å². The summed E-state index contributed by atoms with van der Waals surface area (Å²) in [6.07, 6.45) is 0. The molecule has 0 aliphatic carbocycles. The number of benzene rings is 2. The highest BCUT2D eigenvalue weighted by Crippen LogP contribution is 2.39. The van der Waals surface area contributed by atoms with Gasteiger partial charge in [-0.3, -0.25) is 4.79 Å². The molecule has 0 spiro atoms. The third kappa shape index (κ3) is 5.36. The first kappa shape index (κ1) is 26.0. The van der Waals surface area contributed by atoms with Gasteiger partial charge in [-0.1, -0.05) is 12.1 Å². The summed E-state index contributed by atoms with van der Waals surface area (Å²) in [5.41, 5.74) is 2.26. The van der Waals surface area contributed by atoms with Gasteiger partial charge in [0, 0.05) is 35.8 Å². The summed E-state index contributed by atoms with van der Waals surface area (Å²) in [6, 6.07) is 7.86. The van der Waals surface area contributed by atoms with Gasteiger partial charge in [-0.15, -0.1) is 0 Å². The molecule has 0 atom stereocenters. The zero-order valence-electron chi connectivity index (χ0n) is 21.1. The average molecular weight is 510 g/mol.